The Bertz CT molecular complexity index is 970. The molecule has 0 fully saturated rings. The highest BCUT2D eigenvalue weighted by molar-refractivity contribution is 5.85. The number of methoxy groups -OCH3 is 1. The summed E-state index contributed by atoms with van der Waals surface area (Å²) >= 11 is 0. The first-order valence-electron chi connectivity index (χ1n) is 10.7. The highest BCUT2D eigenvalue weighted by atomic mass is 16.5. The zero-order valence-electron chi connectivity index (χ0n) is 18.4. The number of nitrogens with two attached hydrogens (primary N) is 1. The fourth-order valence-electron chi connectivity index (χ4n) is 3.38. The van der Waals surface area contributed by atoms with Crippen LogP contribution in [0.4, 0.5) is 11.8 Å². The molecule has 8 nitrogen and oxygen atoms in total. The van der Waals surface area contributed by atoms with E-state index in [9.17, 15) is 0 Å². The lowest BCUT2D eigenvalue weighted by atomic mass is 10.0. The van der Waals surface area contributed by atoms with Crippen molar-refractivity contribution in [3.63, 3.8) is 0 Å². The average Bonchev–Trinajstić information content (AvgIpc) is 3.14. The predicted octanol–water partition coefficient (Wildman–Crippen LogP) is 3.74. The van der Waals surface area contributed by atoms with Gasteiger partial charge in [-0.15, -0.1) is 0 Å². The van der Waals surface area contributed by atoms with Crippen molar-refractivity contribution in [1.29, 1.82) is 0 Å². The molecule has 0 amide bonds. The third-order valence-electron chi connectivity index (χ3n) is 5.09. The van der Waals surface area contributed by atoms with Crippen LogP contribution in [0.5, 0.6) is 5.75 Å². The minimum Gasteiger partial charge on any atom is -0.496 e. The van der Waals surface area contributed by atoms with Crippen LogP contribution in [0.25, 0.3) is 11.0 Å². The lowest BCUT2D eigenvalue weighted by Gasteiger charge is -2.16. The van der Waals surface area contributed by atoms with Crippen molar-refractivity contribution in [3.8, 4) is 5.75 Å². The maximum atomic E-state index is 5.89. The Balaban J connectivity index is 1.84. The van der Waals surface area contributed by atoms with Crippen LogP contribution >= 0.6 is 0 Å². The molecule has 4 N–H and O–H groups in total. The van der Waals surface area contributed by atoms with E-state index >= 15 is 0 Å². The summed E-state index contributed by atoms with van der Waals surface area (Å²) in [5, 5.41) is 11.5. The quantitative estimate of drug-likeness (QED) is 0.413. The molecule has 0 spiro atoms. The van der Waals surface area contributed by atoms with E-state index in [1.54, 1.807) is 7.11 Å². The molecule has 30 heavy (non-hydrogen) atoms. The lowest BCUT2D eigenvalue weighted by Crippen LogP contribution is -2.19. The number of hydrogen-bond donors (Lipinski definition) is 3. The van der Waals surface area contributed by atoms with Gasteiger partial charge in [0.25, 0.3) is 0 Å². The summed E-state index contributed by atoms with van der Waals surface area (Å²) in [6.45, 7) is 8.88. The van der Waals surface area contributed by atoms with Crippen LogP contribution in [0.3, 0.4) is 0 Å². The van der Waals surface area contributed by atoms with E-state index in [0.717, 1.165) is 54.7 Å². The number of aromatic nitrogens is 4. The second kappa shape index (κ2) is 10.2. The van der Waals surface area contributed by atoms with Gasteiger partial charge >= 0.3 is 0 Å². The molecule has 3 aromatic rings. The highest BCUT2D eigenvalue weighted by Gasteiger charge is 2.14. The maximum absolute atomic E-state index is 5.89. The smallest absolute Gasteiger partial charge is 0.222 e. The number of nitrogens with one attached hydrogen (secondary N) is 2. The lowest BCUT2D eigenvalue weighted by molar-refractivity contribution is 0.406. The molecular formula is C22H33N7O. The van der Waals surface area contributed by atoms with Crippen LogP contribution in [0.2, 0.25) is 0 Å². The largest absolute Gasteiger partial charge is 0.496 e. The third-order valence-corrected chi connectivity index (χ3v) is 5.09. The monoisotopic (exact) mass is 411 g/mol. The van der Waals surface area contributed by atoms with E-state index in [1.807, 2.05) is 10.9 Å². The number of nitrogens with zero attached hydrogens (tertiary/aromatic N) is 4. The molecule has 2 aromatic heterocycles. The predicted molar refractivity (Wildman–Crippen MR) is 122 cm³/mol. The molecule has 0 unspecified atom stereocenters. The second-order valence-corrected chi connectivity index (χ2v) is 7.52. The van der Waals surface area contributed by atoms with Gasteiger partial charge in [-0.05, 0) is 37.9 Å². The van der Waals surface area contributed by atoms with E-state index in [-0.39, 0.29) is 12.0 Å². The minimum absolute atomic E-state index is 0.247. The molecule has 162 valence electrons. The second-order valence-electron chi connectivity index (χ2n) is 7.52. The van der Waals surface area contributed by atoms with Gasteiger partial charge in [-0.2, -0.15) is 10.1 Å². The normalized spacial score (nSPS) is 12.3. The van der Waals surface area contributed by atoms with Crippen LogP contribution in [-0.4, -0.2) is 39.9 Å². The zero-order chi connectivity index (χ0) is 21.5. The van der Waals surface area contributed by atoms with Crippen molar-refractivity contribution in [2.24, 2.45) is 0 Å². The van der Waals surface area contributed by atoms with Crippen molar-refractivity contribution in [1.82, 2.24) is 25.1 Å². The zero-order valence-corrected chi connectivity index (χ0v) is 18.4. The van der Waals surface area contributed by atoms with Crippen LogP contribution in [-0.2, 0) is 6.54 Å². The first-order valence-corrected chi connectivity index (χ1v) is 10.7. The first-order chi connectivity index (χ1) is 14.5. The Labute approximate surface area is 178 Å². The van der Waals surface area contributed by atoms with E-state index < -0.39 is 0 Å². The van der Waals surface area contributed by atoms with Gasteiger partial charge in [0.15, 0.2) is 11.3 Å². The van der Waals surface area contributed by atoms with Gasteiger partial charge in [0.05, 0.1) is 19.9 Å². The van der Waals surface area contributed by atoms with Crippen molar-refractivity contribution >= 4 is 22.8 Å². The molecule has 1 aromatic carbocycles. The Morgan fingerprint density at radius 1 is 1.17 bits per heavy atom. The molecule has 1 atom stereocenters. The molecule has 0 aliphatic heterocycles. The Kier molecular flexibility index (Phi) is 7.46. The van der Waals surface area contributed by atoms with Crippen molar-refractivity contribution in [3.05, 3.63) is 35.5 Å². The SMILES string of the molecule is CCCCNc1nc(N)nc2cn(Cc3ccc([C@@H](C)NCCC)cc3OC)nc12. The topological polar surface area (TPSA) is 103 Å². The number of benzene rings is 1. The maximum Gasteiger partial charge on any atom is 0.222 e. The Morgan fingerprint density at radius 2 is 2.00 bits per heavy atom. The van der Waals surface area contributed by atoms with Crippen LogP contribution in [0, 0.1) is 0 Å². The fourth-order valence-corrected chi connectivity index (χ4v) is 3.38. The number of rotatable bonds is 11. The third kappa shape index (κ3) is 5.18. The molecule has 0 aliphatic rings. The fraction of sp³-hybridized carbons (Fsp3) is 0.500. The summed E-state index contributed by atoms with van der Waals surface area (Å²) in [5.41, 5.74) is 9.61. The van der Waals surface area contributed by atoms with Gasteiger partial charge in [0, 0.05) is 18.2 Å². The van der Waals surface area contributed by atoms with Crippen LogP contribution < -0.4 is 21.1 Å². The summed E-state index contributed by atoms with van der Waals surface area (Å²) in [6.07, 6.45) is 5.17. The summed E-state index contributed by atoms with van der Waals surface area (Å²) < 4.78 is 7.53. The van der Waals surface area contributed by atoms with E-state index in [2.05, 4.69) is 59.6 Å². The molecule has 0 saturated carbocycles. The molecule has 0 radical (unpaired) electrons. The molecule has 0 aliphatic carbocycles. The van der Waals surface area contributed by atoms with E-state index in [1.165, 1.54) is 5.56 Å². The summed E-state index contributed by atoms with van der Waals surface area (Å²) in [4.78, 5) is 8.67. The number of unbranched alkanes of at least 4 members (excludes halogenated alkanes) is 1. The van der Waals surface area contributed by atoms with Crippen molar-refractivity contribution in [2.75, 3.05) is 31.2 Å². The molecule has 0 saturated heterocycles. The van der Waals surface area contributed by atoms with Gasteiger partial charge in [0.1, 0.15) is 11.3 Å². The summed E-state index contributed by atoms with van der Waals surface area (Å²) in [6, 6.07) is 6.62. The molecule has 2 heterocycles. The Hall–Kier alpha value is -2.87. The summed E-state index contributed by atoms with van der Waals surface area (Å²) in [5.74, 6) is 1.78. The van der Waals surface area contributed by atoms with Gasteiger partial charge in [0.2, 0.25) is 5.95 Å². The van der Waals surface area contributed by atoms with Gasteiger partial charge < -0.3 is 21.1 Å². The molecule has 3 rings (SSSR count). The molecule has 8 heteroatoms. The van der Waals surface area contributed by atoms with Crippen molar-refractivity contribution < 1.29 is 4.74 Å². The Morgan fingerprint density at radius 3 is 2.73 bits per heavy atom. The minimum atomic E-state index is 0.247. The van der Waals surface area contributed by atoms with Crippen LogP contribution in [0.1, 0.15) is 57.2 Å². The standard InChI is InChI=1S/C22H33N7O/c1-5-7-11-25-21-20-18(26-22(23)27-21)14-29(28-20)13-17-9-8-16(12-19(17)30-4)15(3)24-10-6-2/h8-9,12,14-15,24H,5-7,10-11,13H2,1-4H3,(H3,23,25,26,27)/t15-/m1/s1. The number of ether oxygens (including phenoxy) is 1. The van der Waals surface area contributed by atoms with Gasteiger partial charge in [-0.1, -0.05) is 32.4 Å². The molecular weight excluding hydrogens is 378 g/mol. The van der Waals surface area contributed by atoms with E-state index in [4.69, 9.17) is 15.6 Å². The van der Waals surface area contributed by atoms with Gasteiger partial charge in [-0.25, -0.2) is 4.98 Å². The first kappa shape index (κ1) is 21.8. The summed E-state index contributed by atoms with van der Waals surface area (Å²) in [7, 11) is 1.70. The average molecular weight is 412 g/mol. The number of nitrogen functional groups attached to an aromatic ring is 1. The number of hydrogen-bond acceptors (Lipinski definition) is 7. The number of fused-ring (bicyclic) bond motifs is 1. The number of anilines is 2. The highest BCUT2D eigenvalue weighted by Crippen LogP contribution is 2.26. The van der Waals surface area contributed by atoms with E-state index in [0.29, 0.717) is 12.4 Å². The van der Waals surface area contributed by atoms with Crippen LogP contribution in [0.15, 0.2) is 24.4 Å². The van der Waals surface area contributed by atoms with Gasteiger partial charge in [-0.3, -0.25) is 4.68 Å². The molecule has 0 bridgehead atoms. The van der Waals surface area contributed by atoms with Crippen molar-refractivity contribution in [2.45, 2.75) is 52.6 Å².